The third-order valence-corrected chi connectivity index (χ3v) is 2.08. The number of aromatic hydroxyl groups is 1. The number of rotatable bonds is 2. The Balaban J connectivity index is 2.59. The number of phenolic OH excluding ortho intramolecular Hbond substituents is 1. The van der Waals surface area contributed by atoms with Crippen LogP contribution in [0.15, 0.2) is 35.0 Å². The van der Waals surface area contributed by atoms with E-state index in [9.17, 15) is 9.90 Å². The molecular formula is C11H9NO3. The summed E-state index contributed by atoms with van der Waals surface area (Å²) in [7, 11) is 0. The summed E-state index contributed by atoms with van der Waals surface area (Å²) in [6.45, 7) is 1.39. The van der Waals surface area contributed by atoms with Crippen molar-refractivity contribution in [2.45, 2.75) is 6.92 Å². The number of ketones is 1. The molecule has 0 unspecified atom stereocenters. The first kappa shape index (κ1) is 9.45. The summed E-state index contributed by atoms with van der Waals surface area (Å²) in [5, 5.41) is 13.2. The fourth-order valence-electron chi connectivity index (χ4n) is 1.39. The van der Waals surface area contributed by atoms with E-state index < -0.39 is 0 Å². The Morgan fingerprint density at radius 2 is 2.07 bits per heavy atom. The number of Topliss-reactive ketones (excluding diaryl/α,β-unsaturated/α-hetero) is 1. The van der Waals surface area contributed by atoms with E-state index >= 15 is 0 Å². The van der Waals surface area contributed by atoms with Gasteiger partial charge in [-0.25, -0.2) is 0 Å². The molecule has 0 amide bonds. The fourth-order valence-corrected chi connectivity index (χ4v) is 1.39. The van der Waals surface area contributed by atoms with Gasteiger partial charge < -0.3 is 9.63 Å². The summed E-state index contributed by atoms with van der Waals surface area (Å²) < 4.78 is 4.82. The lowest BCUT2D eigenvalue weighted by atomic mass is 10.0. The van der Waals surface area contributed by atoms with E-state index in [4.69, 9.17) is 4.52 Å². The number of aromatic nitrogens is 1. The zero-order valence-electron chi connectivity index (χ0n) is 8.10. The first-order chi connectivity index (χ1) is 7.20. The summed E-state index contributed by atoms with van der Waals surface area (Å²) in [4.78, 5) is 11.2. The zero-order valence-corrected chi connectivity index (χ0v) is 8.10. The topological polar surface area (TPSA) is 63.3 Å². The van der Waals surface area contributed by atoms with Crippen LogP contribution in [-0.4, -0.2) is 16.0 Å². The number of benzene rings is 1. The third-order valence-electron chi connectivity index (χ3n) is 2.08. The number of hydrogen-bond donors (Lipinski definition) is 1. The molecule has 1 aromatic heterocycles. The maximum atomic E-state index is 11.2. The fraction of sp³-hybridized carbons (Fsp3) is 0.0909. The largest absolute Gasteiger partial charge is 0.507 e. The van der Waals surface area contributed by atoms with Crippen molar-refractivity contribution in [2.75, 3.05) is 0 Å². The van der Waals surface area contributed by atoms with E-state index in [2.05, 4.69) is 5.16 Å². The Labute approximate surface area is 86.1 Å². The standard InChI is InChI=1S/C11H9NO3/c1-7(13)11-9(6-12-15-11)8-4-2-3-5-10(8)14/h2-6,14H,1H3. The number of carbonyl (C=O) groups excluding carboxylic acids is 1. The van der Waals surface area contributed by atoms with Gasteiger partial charge in [-0.15, -0.1) is 0 Å². The summed E-state index contributed by atoms with van der Waals surface area (Å²) in [6.07, 6.45) is 1.42. The van der Waals surface area contributed by atoms with Crippen LogP contribution >= 0.6 is 0 Å². The molecule has 0 aliphatic heterocycles. The second-order valence-corrected chi connectivity index (χ2v) is 3.14. The Morgan fingerprint density at radius 3 is 2.73 bits per heavy atom. The minimum absolute atomic E-state index is 0.100. The molecule has 0 bridgehead atoms. The maximum absolute atomic E-state index is 11.2. The van der Waals surface area contributed by atoms with Gasteiger partial charge in [0.05, 0.1) is 11.8 Å². The third kappa shape index (κ3) is 1.61. The van der Waals surface area contributed by atoms with Crippen molar-refractivity contribution >= 4 is 5.78 Å². The monoisotopic (exact) mass is 203 g/mol. The Morgan fingerprint density at radius 1 is 1.33 bits per heavy atom. The van der Waals surface area contributed by atoms with Crippen LogP contribution in [0.25, 0.3) is 11.1 Å². The van der Waals surface area contributed by atoms with Gasteiger partial charge in [-0.05, 0) is 6.07 Å². The van der Waals surface area contributed by atoms with Gasteiger partial charge in [0.2, 0.25) is 5.76 Å². The Kier molecular flexibility index (Phi) is 2.25. The molecule has 76 valence electrons. The summed E-state index contributed by atoms with van der Waals surface area (Å²) in [5.41, 5.74) is 1.06. The van der Waals surface area contributed by atoms with Crippen LogP contribution in [0.4, 0.5) is 0 Å². The molecule has 1 N–H and O–H groups in total. The predicted molar refractivity (Wildman–Crippen MR) is 53.6 cm³/mol. The summed E-state index contributed by atoms with van der Waals surface area (Å²) >= 11 is 0. The number of para-hydroxylation sites is 1. The van der Waals surface area contributed by atoms with Gasteiger partial charge in [0.15, 0.2) is 5.78 Å². The molecule has 0 radical (unpaired) electrons. The van der Waals surface area contributed by atoms with Gasteiger partial charge in [-0.2, -0.15) is 0 Å². The van der Waals surface area contributed by atoms with Gasteiger partial charge in [0, 0.05) is 12.5 Å². The van der Waals surface area contributed by atoms with Gasteiger partial charge >= 0.3 is 0 Å². The molecule has 2 rings (SSSR count). The van der Waals surface area contributed by atoms with Gasteiger partial charge in [0.1, 0.15) is 5.75 Å². The second-order valence-electron chi connectivity index (χ2n) is 3.14. The molecule has 2 aromatic rings. The van der Waals surface area contributed by atoms with Gasteiger partial charge in [-0.1, -0.05) is 23.4 Å². The average Bonchev–Trinajstić information content (AvgIpc) is 2.67. The second kappa shape index (κ2) is 3.57. The SMILES string of the molecule is CC(=O)c1oncc1-c1ccccc1O. The lowest BCUT2D eigenvalue weighted by molar-refractivity contribution is 0.0979. The highest BCUT2D eigenvalue weighted by molar-refractivity contribution is 5.98. The van der Waals surface area contributed by atoms with Crippen molar-refractivity contribution in [3.05, 3.63) is 36.2 Å². The van der Waals surface area contributed by atoms with E-state index in [1.807, 2.05) is 0 Å². The number of hydrogen-bond acceptors (Lipinski definition) is 4. The zero-order chi connectivity index (χ0) is 10.8. The smallest absolute Gasteiger partial charge is 0.210 e. The highest BCUT2D eigenvalue weighted by Crippen LogP contribution is 2.31. The molecule has 0 atom stereocenters. The van der Waals surface area contributed by atoms with E-state index in [1.165, 1.54) is 13.1 Å². The molecule has 0 saturated heterocycles. The van der Waals surface area contributed by atoms with Crippen molar-refractivity contribution in [1.82, 2.24) is 5.16 Å². The average molecular weight is 203 g/mol. The first-order valence-electron chi connectivity index (χ1n) is 4.44. The molecule has 0 aliphatic rings. The molecule has 0 saturated carbocycles. The van der Waals surface area contributed by atoms with E-state index in [0.717, 1.165) is 0 Å². The maximum Gasteiger partial charge on any atom is 0.210 e. The van der Waals surface area contributed by atoms with Crippen LogP contribution in [0.1, 0.15) is 17.5 Å². The Hall–Kier alpha value is -2.10. The van der Waals surface area contributed by atoms with Crippen LogP contribution in [0.5, 0.6) is 5.75 Å². The van der Waals surface area contributed by atoms with Crippen LogP contribution < -0.4 is 0 Å². The van der Waals surface area contributed by atoms with E-state index in [1.54, 1.807) is 24.3 Å². The number of carbonyl (C=O) groups is 1. The number of phenols is 1. The van der Waals surface area contributed by atoms with Gasteiger partial charge in [0.25, 0.3) is 0 Å². The van der Waals surface area contributed by atoms with Crippen LogP contribution in [0.3, 0.4) is 0 Å². The number of nitrogens with zero attached hydrogens (tertiary/aromatic N) is 1. The highest BCUT2D eigenvalue weighted by atomic mass is 16.5. The molecule has 0 aliphatic carbocycles. The van der Waals surface area contributed by atoms with E-state index in [0.29, 0.717) is 11.1 Å². The molecule has 4 heteroatoms. The van der Waals surface area contributed by atoms with Gasteiger partial charge in [-0.3, -0.25) is 4.79 Å². The summed E-state index contributed by atoms with van der Waals surface area (Å²) in [6, 6.07) is 6.73. The molecule has 1 aromatic carbocycles. The van der Waals surface area contributed by atoms with Crippen molar-refractivity contribution in [1.29, 1.82) is 0 Å². The van der Waals surface area contributed by atoms with E-state index in [-0.39, 0.29) is 17.3 Å². The van der Waals surface area contributed by atoms with Crippen LogP contribution in [-0.2, 0) is 0 Å². The Bertz CT molecular complexity index is 502. The van der Waals surface area contributed by atoms with Crippen molar-refractivity contribution in [3.8, 4) is 16.9 Å². The molecule has 4 nitrogen and oxygen atoms in total. The molecule has 15 heavy (non-hydrogen) atoms. The summed E-state index contributed by atoms with van der Waals surface area (Å²) in [5.74, 6) is 0.0467. The molecular weight excluding hydrogens is 194 g/mol. The molecule has 0 spiro atoms. The minimum Gasteiger partial charge on any atom is -0.507 e. The molecule has 0 fully saturated rings. The van der Waals surface area contributed by atoms with Crippen molar-refractivity contribution < 1.29 is 14.4 Å². The first-order valence-corrected chi connectivity index (χ1v) is 4.44. The van der Waals surface area contributed by atoms with Crippen LogP contribution in [0, 0.1) is 0 Å². The predicted octanol–water partition coefficient (Wildman–Crippen LogP) is 2.25. The van der Waals surface area contributed by atoms with Crippen molar-refractivity contribution in [3.63, 3.8) is 0 Å². The normalized spacial score (nSPS) is 10.2. The lowest BCUT2D eigenvalue weighted by Crippen LogP contribution is -1.91. The minimum atomic E-state index is -0.217. The highest BCUT2D eigenvalue weighted by Gasteiger charge is 2.16. The quantitative estimate of drug-likeness (QED) is 0.760. The van der Waals surface area contributed by atoms with Crippen molar-refractivity contribution in [2.24, 2.45) is 0 Å². The molecule has 1 heterocycles. The lowest BCUT2D eigenvalue weighted by Gasteiger charge is -2.01. The van der Waals surface area contributed by atoms with Crippen LogP contribution in [0.2, 0.25) is 0 Å².